The molecule has 2 aliphatic rings. The molecule has 10 heteroatoms. The number of anilines is 2. The third kappa shape index (κ3) is 5.88. The second-order valence-corrected chi connectivity index (χ2v) is 8.77. The lowest BCUT2D eigenvalue weighted by molar-refractivity contribution is -0.120. The molecule has 2 fully saturated rings. The molecule has 2 atom stereocenters. The average molecular weight is 459 g/mol. The molecule has 33 heavy (non-hydrogen) atoms. The summed E-state index contributed by atoms with van der Waals surface area (Å²) in [5.74, 6) is 0.173. The molecule has 0 unspecified atom stereocenters. The first kappa shape index (κ1) is 23.2. The Morgan fingerprint density at radius 3 is 2.88 bits per heavy atom. The first-order chi connectivity index (χ1) is 15.9. The van der Waals surface area contributed by atoms with Crippen molar-refractivity contribution >= 4 is 17.5 Å². The molecular weight excluding hydrogens is 427 g/mol. The summed E-state index contributed by atoms with van der Waals surface area (Å²) in [5.41, 5.74) is 6.25. The van der Waals surface area contributed by atoms with Gasteiger partial charge >= 0.3 is 0 Å². The maximum Gasteiger partial charge on any atom is 0.231 e. The summed E-state index contributed by atoms with van der Waals surface area (Å²) in [4.78, 5) is 23.3. The van der Waals surface area contributed by atoms with Gasteiger partial charge in [-0.25, -0.2) is 9.97 Å². The number of carbonyl (C=O) groups excluding carboxylic acids is 1. The van der Waals surface area contributed by atoms with Crippen molar-refractivity contribution in [3.8, 4) is 5.75 Å². The van der Waals surface area contributed by atoms with Crippen molar-refractivity contribution in [2.45, 2.75) is 38.0 Å². The zero-order valence-electron chi connectivity index (χ0n) is 18.8. The van der Waals surface area contributed by atoms with Gasteiger partial charge in [-0.1, -0.05) is 12.1 Å². The van der Waals surface area contributed by atoms with Crippen molar-refractivity contribution in [1.82, 2.24) is 14.9 Å². The zero-order chi connectivity index (χ0) is 23.4. The number of β-amino-alcohol motifs (C(OH)–C–C–N with tert-alkyl or cyclic N) is 1. The molecule has 1 aromatic carbocycles. The lowest BCUT2D eigenvalue weighted by atomic mass is 9.93. The number of halogens is 1. The van der Waals surface area contributed by atoms with Gasteiger partial charge in [-0.2, -0.15) is 4.39 Å². The number of methoxy groups -OCH3 is 1. The number of amides is 1. The van der Waals surface area contributed by atoms with Crippen LogP contribution in [0.5, 0.6) is 5.75 Å². The van der Waals surface area contributed by atoms with Crippen molar-refractivity contribution in [3.63, 3.8) is 0 Å². The van der Waals surface area contributed by atoms with E-state index < -0.39 is 17.8 Å². The predicted octanol–water partition coefficient (Wildman–Crippen LogP) is 1.37. The molecule has 1 amide bonds. The van der Waals surface area contributed by atoms with Crippen LogP contribution in [0.2, 0.25) is 0 Å². The lowest BCUT2D eigenvalue weighted by Gasteiger charge is -2.35. The Hall–Kier alpha value is -2.98. The minimum atomic E-state index is -0.633. The largest absolute Gasteiger partial charge is 0.497 e. The molecule has 9 nitrogen and oxygen atoms in total. The molecule has 1 aromatic heterocycles. The molecule has 0 spiro atoms. The second kappa shape index (κ2) is 10.3. The van der Waals surface area contributed by atoms with Gasteiger partial charge in [0.25, 0.3) is 0 Å². The second-order valence-electron chi connectivity index (χ2n) is 8.77. The molecule has 1 aliphatic heterocycles. The molecule has 0 bridgehead atoms. The summed E-state index contributed by atoms with van der Waals surface area (Å²) in [6.45, 7) is 2.04. The third-order valence-corrected chi connectivity index (χ3v) is 6.23. The highest BCUT2D eigenvalue weighted by atomic mass is 19.1. The number of primary amides is 1. The number of nitrogens with zero attached hydrogens (tertiary/aromatic N) is 4. The standard InChI is InChI=1S/C23H31FN6O3/c1-33-18-4-2-3-15(9-18)11-30(17-5-6-17)23-21(24)22(27-14-28-23)26-10-16-7-8-29(12-19(16)31)13-20(25)32/h2-4,9,14,16-17,19,31H,5-8,10-13H2,1H3,(H2,25,32)(H,26,27,28)/t16-,19+/m1/s1. The van der Waals surface area contributed by atoms with Crippen LogP contribution in [0.15, 0.2) is 30.6 Å². The molecule has 2 aromatic rings. The fourth-order valence-electron chi connectivity index (χ4n) is 4.29. The van der Waals surface area contributed by atoms with E-state index >= 15 is 4.39 Å². The van der Waals surface area contributed by atoms with E-state index in [9.17, 15) is 9.90 Å². The van der Waals surface area contributed by atoms with E-state index in [4.69, 9.17) is 10.5 Å². The Bertz CT molecular complexity index is 973. The summed E-state index contributed by atoms with van der Waals surface area (Å²) >= 11 is 0. The van der Waals surface area contributed by atoms with Crippen LogP contribution in [0.25, 0.3) is 0 Å². The molecular formula is C23H31FN6O3. The smallest absolute Gasteiger partial charge is 0.231 e. The fourth-order valence-corrected chi connectivity index (χ4v) is 4.29. The van der Waals surface area contributed by atoms with Gasteiger partial charge in [0.05, 0.1) is 19.8 Å². The molecule has 1 saturated heterocycles. The Morgan fingerprint density at radius 1 is 1.36 bits per heavy atom. The van der Waals surface area contributed by atoms with E-state index in [0.717, 1.165) is 24.2 Å². The summed E-state index contributed by atoms with van der Waals surface area (Å²) < 4.78 is 20.8. The number of piperidine rings is 1. The van der Waals surface area contributed by atoms with Crippen molar-refractivity contribution in [2.75, 3.05) is 43.5 Å². The minimum Gasteiger partial charge on any atom is -0.497 e. The summed E-state index contributed by atoms with van der Waals surface area (Å²) in [6.07, 6.45) is 3.39. The van der Waals surface area contributed by atoms with Crippen molar-refractivity contribution in [3.05, 3.63) is 42.0 Å². The van der Waals surface area contributed by atoms with E-state index in [1.807, 2.05) is 34.1 Å². The number of rotatable bonds is 10. The van der Waals surface area contributed by atoms with E-state index in [1.165, 1.54) is 6.33 Å². The number of nitrogens with one attached hydrogen (secondary N) is 1. The molecule has 1 aliphatic carbocycles. The first-order valence-electron chi connectivity index (χ1n) is 11.3. The Kier molecular flexibility index (Phi) is 7.24. The van der Waals surface area contributed by atoms with E-state index in [1.54, 1.807) is 7.11 Å². The molecule has 2 heterocycles. The maximum absolute atomic E-state index is 15.4. The number of hydrogen-bond donors (Lipinski definition) is 3. The highest BCUT2D eigenvalue weighted by Crippen LogP contribution is 2.35. The molecule has 178 valence electrons. The monoisotopic (exact) mass is 458 g/mol. The number of aromatic nitrogens is 2. The van der Waals surface area contributed by atoms with Gasteiger partial charge in [0, 0.05) is 31.6 Å². The van der Waals surface area contributed by atoms with Crippen LogP contribution in [-0.2, 0) is 11.3 Å². The summed E-state index contributed by atoms with van der Waals surface area (Å²) in [5, 5.41) is 13.5. The highest BCUT2D eigenvalue weighted by Gasteiger charge is 2.33. The third-order valence-electron chi connectivity index (χ3n) is 6.23. The molecule has 0 radical (unpaired) electrons. The normalized spacial score (nSPS) is 20.9. The van der Waals surface area contributed by atoms with Crippen LogP contribution in [0.1, 0.15) is 24.8 Å². The van der Waals surface area contributed by atoms with Gasteiger partial charge in [0.15, 0.2) is 11.6 Å². The number of benzene rings is 1. The molecule has 4 rings (SSSR count). The zero-order valence-corrected chi connectivity index (χ0v) is 18.8. The minimum absolute atomic E-state index is 0.0803. The van der Waals surface area contributed by atoms with Gasteiger partial charge in [0.1, 0.15) is 12.1 Å². The molecule has 1 saturated carbocycles. The van der Waals surface area contributed by atoms with Crippen LogP contribution < -0.4 is 20.7 Å². The number of hydrogen-bond acceptors (Lipinski definition) is 8. The van der Waals surface area contributed by atoms with Gasteiger partial charge in [0.2, 0.25) is 11.7 Å². The van der Waals surface area contributed by atoms with Crippen molar-refractivity contribution < 1.29 is 19.0 Å². The van der Waals surface area contributed by atoms with Gasteiger partial charge in [-0.3, -0.25) is 9.69 Å². The van der Waals surface area contributed by atoms with Crippen molar-refractivity contribution in [2.24, 2.45) is 11.7 Å². The van der Waals surface area contributed by atoms with E-state index in [0.29, 0.717) is 32.6 Å². The number of likely N-dealkylation sites (tertiary alicyclic amines) is 1. The topological polar surface area (TPSA) is 117 Å². The van der Waals surface area contributed by atoms with Gasteiger partial charge in [-0.15, -0.1) is 0 Å². The molecule has 4 N–H and O–H groups in total. The number of ether oxygens (including phenoxy) is 1. The van der Waals surface area contributed by atoms with Crippen LogP contribution in [0.3, 0.4) is 0 Å². The quantitative estimate of drug-likeness (QED) is 0.489. The van der Waals surface area contributed by atoms with Crippen LogP contribution in [0, 0.1) is 11.7 Å². The Labute approximate surface area is 192 Å². The maximum atomic E-state index is 15.4. The van der Waals surface area contributed by atoms with E-state index in [-0.39, 0.29) is 30.1 Å². The van der Waals surface area contributed by atoms with Crippen LogP contribution in [-0.4, -0.2) is 71.3 Å². The van der Waals surface area contributed by atoms with Crippen LogP contribution >= 0.6 is 0 Å². The number of aliphatic hydroxyl groups is 1. The lowest BCUT2D eigenvalue weighted by Crippen LogP contribution is -2.48. The number of aliphatic hydroxyl groups excluding tert-OH is 1. The summed E-state index contributed by atoms with van der Waals surface area (Å²) in [7, 11) is 1.62. The van der Waals surface area contributed by atoms with Crippen molar-refractivity contribution in [1.29, 1.82) is 0 Å². The average Bonchev–Trinajstić information content (AvgIpc) is 3.63. The highest BCUT2D eigenvalue weighted by molar-refractivity contribution is 5.75. The number of carbonyl (C=O) groups is 1. The first-order valence-corrected chi connectivity index (χ1v) is 11.3. The fraction of sp³-hybridized carbons (Fsp3) is 0.522. The van der Waals surface area contributed by atoms with Gasteiger partial charge in [-0.05, 0) is 43.5 Å². The van der Waals surface area contributed by atoms with Gasteiger partial charge < -0.3 is 25.8 Å². The summed E-state index contributed by atoms with van der Waals surface area (Å²) in [6, 6.07) is 7.97. The number of nitrogens with two attached hydrogens (primary N) is 1. The Morgan fingerprint density at radius 2 is 2.18 bits per heavy atom. The SMILES string of the molecule is COc1cccc(CN(c2ncnc(NC[C@H]3CCN(CC(N)=O)C[C@@H]3O)c2F)C2CC2)c1. The van der Waals surface area contributed by atoms with Crippen LogP contribution in [0.4, 0.5) is 16.0 Å². The van der Waals surface area contributed by atoms with E-state index in [2.05, 4.69) is 15.3 Å². The Balaban J connectivity index is 1.43. The predicted molar refractivity (Wildman–Crippen MR) is 122 cm³/mol.